The third-order valence-corrected chi connectivity index (χ3v) is 7.71. The molecule has 2 N–H and O–H groups in total. The van der Waals surface area contributed by atoms with E-state index < -0.39 is 5.54 Å². The van der Waals surface area contributed by atoms with Crippen molar-refractivity contribution in [1.82, 2.24) is 10.6 Å². The van der Waals surface area contributed by atoms with Gasteiger partial charge in [-0.25, -0.2) is 0 Å². The second kappa shape index (κ2) is 8.54. The summed E-state index contributed by atoms with van der Waals surface area (Å²) in [5.74, 6) is -0.475. The van der Waals surface area contributed by atoms with Crippen molar-refractivity contribution < 1.29 is 14.0 Å². The van der Waals surface area contributed by atoms with Crippen LogP contribution < -0.4 is 10.6 Å². The van der Waals surface area contributed by atoms with Crippen molar-refractivity contribution in [1.29, 1.82) is 0 Å². The number of nitrogens with one attached hydrogen (secondary N) is 2. The molecule has 1 saturated carbocycles. The van der Waals surface area contributed by atoms with Gasteiger partial charge in [0.25, 0.3) is 5.91 Å². The Labute approximate surface area is 202 Å². The number of carbonyl (C=O) groups is 2. The predicted octanol–water partition coefficient (Wildman–Crippen LogP) is 5.47. The minimum absolute atomic E-state index is 0.0490. The van der Waals surface area contributed by atoms with E-state index in [1.165, 1.54) is 6.26 Å². The Kier molecular flexibility index (Phi) is 5.71. The van der Waals surface area contributed by atoms with E-state index in [4.69, 9.17) is 27.6 Å². The molecule has 3 aromatic rings. The summed E-state index contributed by atoms with van der Waals surface area (Å²) < 4.78 is 5.28. The Bertz CT molecular complexity index is 1190. The molecular formula is C26H24Cl2N2O3. The second-order valence-corrected chi connectivity index (χ2v) is 9.81. The summed E-state index contributed by atoms with van der Waals surface area (Å²) >= 11 is 12.9. The van der Waals surface area contributed by atoms with Gasteiger partial charge in [-0.2, -0.15) is 0 Å². The monoisotopic (exact) mass is 482 g/mol. The van der Waals surface area contributed by atoms with Gasteiger partial charge in [-0.15, -0.1) is 0 Å². The molecule has 1 saturated heterocycles. The molecule has 2 heterocycles. The van der Waals surface area contributed by atoms with Crippen LogP contribution in [0.25, 0.3) is 0 Å². The van der Waals surface area contributed by atoms with Crippen molar-refractivity contribution in [2.24, 2.45) is 5.92 Å². The number of rotatable bonds is 4. The van der Waals surface area contributed by atoms with Crippen molar-refractivity contribution in [3.8, 4) is 0 Å². The number of hydrogen-bond acceptors (Lipinski definition) is 3. The third kappa shape index (κ3) is 3.83. The smallest absolute Gasteiger partial charge is 0.287 e. The highest BCUT2D eigenvalue weighted by atomic mass is 35.5. The third-order valence-electron chi connectivity index (χ3n) is 7.13. The molecule has 2 aliphatic rings. The predicted molar refractivity (Wildman–Crippen MR) is 128 cm³/mol. The van der Waals surface area contributed by atoms with Crippen molar-refractivity contribution in [3.05, 3.63) is 93.4 Å². The highest BCUT2D eigenvalue weighted by Crippen LogP contribution is 2.54. The number of amides is 2. The Morgan fingerprint density at radius 2 is 1.94 bits per heavy atom. The van der Waals surface area contributed by atoms with E-state index in [0.29, 0.717) is 24.4 Å². The molecule has 1 aromatic heterocycles. The number of hydrogen-bond donors (Lipinski definition) is 2. The summed E-state index contributed by atoms with van der Waals surface area (Å²) in [6.07, 6.45) is 2.65. The molecule has 5 nitrogen and oxygen atoms in total. The van der Waals surface area contributed by atoms with Gasteiger partial charge in [0.15, 0.2) is 5.76 Å². The van der Waals surface area contributed by atoms with Crippen molar-refractivity contribution >= 4 is 35.0 Å². The van der Waals surface area contributed by atoms with Gasteiger partial charge < -0.3 is 15.1 Å². The first-order chi connectivity index (χ1) is 15.9. The van der Waals surface area contributed by atoms with E-state index >= 15 is 0 Å². The fraction of sp³-hybridized carbons (Fsp3) is 0.308. The zero-order chi connectivity index (χ0) is 23.2. The molecule has 1 aliphatic heterocycles. The highest BCUT2D eigenvalue weighted by molar-refractivity contribution is 6.31. The number of furan rings is 1. The van der Waals surface area contributed by atoms with E-state index in [9.17, 15) is 9.59 Å². The fourth-order valence-electron chi connectivity index (χ4n) is 5.59. The molecule has 2 aromatic carbocycles. The fourth-order valence-corrected chi connectivity index (χ4v) is 6.10. The van der Waals surface area contributed by atoms with E-state index in [2.05, 4.69) is 22.8 Å². The molecule has 0 bridgehead atoms. The highest BCUT2D eigenvalue weighted by Gasteiger charge is 2.58. The van der Waals surface area contributed by atoms with Crippen LogP contribution in [-0.4, -0.2) is 23.9 Å². The molecule has 2 fully saturated rings. The SMILES string of the molecule is Cc1ccc([C@@H]2CC[C@@]3(NC(=O)c4ccco4)C(=O)NC[C@H]3[C@H]2c2ccc(Cl)cc2)c(Cl)c1. The number of halogens is 2. The van der Waals surface area contributed by atoms with Gasteiger partial charge in [-0.1, -0.05) is 47.5 Å². The largest absolute Gasteiger partial charge is 0.459 e. The van der Waals surface area contributed by atoms with Crippen LogP contribution in [0.2, 0.25) is 10.0 Å². The second-order valence-electron chi connectivity index (χ2n) is 8.97. The van der Waals surface area contributed by atoms with Gasteiger partial charge in [-0.3, -0.25) is 9.59 Å². The van der Waals surface area contributed by atoms with Gasteiger partial charge in [0.1, 0.15) is 5.54 Å². The Morgan fingerprint density at radius 3 is 2.64 bits per heavy atom. The molecular weight excluding hydrogens is 459 g/mol. The maximum atomic E-state index is 13.2. The first-order valence-corrected chi connectivity index (χ1v) is 11.8. The topological polar surface area (TPSA) is 71.3 Å². The van der Waals surface area contributed by atoms with Gasteiger partial charge in [0, 0.05) is 22.5 Å². The number of fused-ring (bicyclic) bond motifs is 1. The van der Waals surface area contributed by atoms with Gasteiger partial charge in [-0.05, 0) is 78.6 Å². The first kappa shape index (κ1) is 22.1. The van der Waals surface area contributed by atoms with E-state index in [1.54, 1.807) is 12.1 Å². The summed E-state index contributed by atoms with van der Waals surface area (Å²) in [5.41, 5.74) is 2.20. The van der Waals surface area contributed by atoms with E-state index in [-0.39, 0.29) is 35.3 Å². The van der Waals surface area contributed by atoms with E-state index in [1.807, 2.05) is 37.3 Å². The zero-order valence-corrected chi connectivity index (χ0v) is 19.6. The van der Waals surface area contributed by atoms with Crippen LogP contribution in [0.15, 0.2) is 65.3 Å². The van der Waals surface area contributed by atoms with Gasteiger partial charge in [0.05, 0.1) is 6.26 Å². The number of benzene rings is 2. The molecule has 33 heavy (non-hydrogen) atoms. The van der Waals surface area contributed by atoms with Crippen molar-refractivity contribution in [3.63, 3.8) is 0 Å². The summed E-state index contributed by atoms with van der Waals surface area (Å²) in [7, 11) is 0. The lowest BCUT2D eigenvalue weighted by Crippen LogP contribution is -2.60. The molecule has 0 radical (unpaired) electrons. The standard InChI is InChI=1S/C26H24Cl2N2O3/c1-15-4-9-18(21(28)13-15)19-10-11-26(30-24(31)22-3-2-12-33-22)20(14-29-25(26)32)23(19)16-5-7-17(27)8-6-16/h2-9,12-13,19-20,23H,10-11,14H2,1H3,(H,29,32)(H,30,31)/t19-,20-,23-,26-/m0/s1. The average molecular weight is 483 g/mol. The lowest BCUT2D eigenvalue weighted by atomic mass is 9.60. The minimum atomic E-state index is -1.03. The van der Waals surface area contributed by atoms with Crippen molar-refractivity contribution in [2.75, 3.05) is 6.54 Å². The Balaban J connectivity index is 1.59. The van der Waals surface area contributed by atoms with Crippen LogP contribution in [0.3, 0.4) is 0 Å². The average Bonchev–Trinajstić information content (AvgIpc) is 3.44. The quantitative estimate of drug-likeness (QED) is 0.517. The summed E-state index contributed by atoms with van der Waals surface area (Å²) in [4.78, 5) is 26.2. The molecule has 0 spiro atoms. The Morgan fingerprint density at radius 1 is 1.15 bits per heavy atom. The normalized spacial score (nSPS) is 26.5. The maximum Gasteiger partial charge on any atom is 0.287 e. The van der Waals surface area contributed by atoms with Crippen LogP contribution in [-0.2, 0) is 4.79 Å². The van der Waals surface area contributed by atoms with Crippen LogP contribution in [0.5, 0.6) is 0 Å². The van der Waals surface area contributed by atoms with Gasteiger partial charge >= 0.3 is 0 Å². The summed E-state index contributed by atoms with van der Waals surface area (Å²) in [6, 6.07) is 17.1. The zero-order valence-electron chi connectivity index (χ0n) is 18.1. The summed E-state index contributed by atoms with van der Waals surface area (Å²) in [5, 5.41) is 7.44. The minimum Gasteiger partial charge on any atom is -0.459 e. The van der Waals surface area contributed by atoms with Crippen LogP contribution in [0.1, 0.15) is 51.9 Å². The molecule has 5 rings (SSSR count). The van der Waals surface area contributed by atoms with Crippen LogP contribution >= 0.6 is 23.2 Å². The first-order valence-electron chi connectivity index (χ1n) is 11.0. The maximum absolute atomic E-state index is 13.2. The number of carbonyl (C=O) groups excluding carboxylic acids is 2. The number of aryl methyl sites for hydroxylation is 1. The lowest BCUT2D eigenvalue weighted by Gasteiger charge is -2.46. The molecule has 170 valence electrons. The van der Waals surface area contributed by atoms with Gasteiger partial charge in [0.2, 0.25) is 5.91 Å². The molecule has 0 unspecified atom stereocenters. The molecule has 1 aliphatic carbocycles. The molecule has 7 heteroatoms. The molecule has 4 atom stereocenters. The lowest BCUT2D eigenvalue weighted by molar-refractivity contribution is -0.126. The van der Waals surface area contributed by atoms with Crippen LogP contribution in [0, 0.1) is 12.8 Å². The summed E-state index contributed by atoms with van der Waals surface area (Å²) in [6.45, 7) is 2.48. The van der Waals surface area contributed by atoms with Crippen LogP contribution in [0.4, 0.5) is 0 Å². The van der Waals surface area contributed by atoms with E-state index in [0.717, 1.165) is 21.7 Å². The van der Waals surface area contributed by atoms with Crippen molar-refractivity contribution in [2.45, 2.75) is 37.1 Å². The molecule has 2 amide bonds. The Hall–Kier alpha value is -2.76.